The molecule has 4 saturated carbocycles. The van der Waals surface area contributed by atoms with Gasteiger partial charge in [0.2, 0.25) is 0 Å². The smallest absolute Gasteiger partial charge is 0.302 e. The molecule has 16 heteroatoms. The van der Waals surface area contributed by atoms with Gasteiger partial charge in [-0.25, -0.2) is 0 Å². The largest absolute Gasteiger partial charge is 0.462 e. The molecule has 21 atom stereocenters. The molecule has 0 aromatic heterocycles. The third-order valence-electron chi connectivity index (χ3n) is 15.8. The Bertz CT molecular complexity index is 1470. The van der Waals surface area contributed by atoms with Gasteiger partial charge in [0.25, 0.3) is 0 Å². The van der Waals surface area contributed by atoms with Crippen LogP contribution >= 0.6 is 0 Å². The van der Waals surface area contributed by atoms with Gasteiger partial charge >= 0.3 is 5.97 Å². The third-order valence-corrected chi connectivity index (χ3v) is 15.8. The first kappa shape index (κ1) is 43.7. The van der Waals surface area contributed by atoms with Gasteiger partial charge in [-0.2, -0.15) is 0 Å². The number of aliphatic hydroxyl groups excluding tert-OH is 7. The fourth-order valence-electron chi connectivity index (χ4n) is 13.0. The Hall–Kier alpha value is -1.38. The standard InChI is InChI=1S/C41H66O16/c1-18(44)52-25-15-22-20-14-24(45)23-13-19(7-10-39(23,4)21(20)8-11-40(22,5)35(25)41(6)12-9-28(57-41)38(2,3)51)53-37-34(32(49)30(47)27(17-43)55-37)56-36-33(50)31(48)29(46)26(16-42)54-36/h19-23,25-37,42-43,46-51H,7-17H2,1-6H3/t19-,20+,21-,22-,23+,25-,26+,27+,28+,29+,30+,31-,32-,33+,34+,35-,36-,37+,39+,40-,41-/m0/s1. The highest BCUT2D eigenvalue weighted by atomic mass is 16.8. The van der Waals surface area contributed by atoms with E-state index in [1.807, 2.05) is 0 Å². The van der Waals surface area contributed by atoms with Gasteiger partial charge in [-0.3, -0.25) is 9.59 Å². The minimum absolute atomic E-state index is 0.0769. The third kappa shape index (κ3) is 7.54. The molecule has 7 aliphatic rings. The van der Waals surface area contributed by atoms with E-state index in [2.05, 4.69) is 20.8 Å². The molecule has 4 aliphatic carbocycles. The van der Waals surface area contributed by atoms with Crippen LogP contribution in [0.4, 0.5) is 0 Å². The van der Waals surface area contributed by atoms with Gasteiger partial charge in [-0.1, -0.05) is 13.8 Å². The van der Waals surface area contributed by atoms with Crippen molar-refractivity contribution < 1.29 is 78.9 Å². The first-order valence-electron chi connectivity index (χ1n) is 21.0. The molecule has 16 nitrogen and oxygen atoms in total. The number of hydrogen-bond acceptors (Lipinski definition) is 16. The Balaban J connectivity index is 1.08. The molecule has 0 radical (unpaired) electrons. The summed E-state index contributed by atoms with van der Waals surface area (Å²) < 4.78 is 36.6. The van der Waals surface area contributed by atoms with Crippen molar-refractivity contribution in [3.63, 3.8) is 0 Å². The van der Waals surface area contributed by atoms with E-state index in [1.165, 1.54) is 6.92 Å². The summed E-state index contributed by atoms with van der Waals surface area (Å²) in [5.74, 6) is -0.246. The topological polar surface area (TPSA) is 251 Å². The summed E-state index contributed by atoms with van der Waals surface area (Å²) in [4.78, 5) is 27.0. The molecule has 0 spiro atoms. The summed E-state index contributed by atoms with van der Waals surface area (Å²) in [6.45, 7) is 10.2. The van der Waals surface area contributed by atoms with Crippen molar-refractivity contribution >= 4 is 11.8 Å². The van der Waals surface area contributed by atoms with Gasteiger partial charge in [-0.05, 0) is 101 Å². The molecule has 8 N–H and O–H groups in total. The highest BCUT2D eigenvalue weighted by Gasteiger charge is 2.69. The van der Waals surface area contributed by atoms with Crippen LogP contribution in [0.1, 0.15) is 99.3 Å². The van der Waals surface area contributed by atoms with Crippen molar-refractivity contribution in [2.75, 3.05) is 13.2 Å². The van der Waals surface area contributed by atoms with E-state index in [1.54, 1.807) is 13.8 Å². The highest BCUT2D eigenvalue weighted by molar-refractivity contribution is 5.83. The zero-order valence-corrected chi connectivity index (χ0v) is 34.0. The second-order valence-electron chi connectivity index (χ2n) is 19.7. The lowest BCUT2D eigenvalue weighted by Gasteiger charge is -2.61. The molecule has 0 amide bonds. The van der Waals surface area contributed by atoms with Crippen molar-refractivity contribution in [3.05, 3.63) is 0 Å². The van der Waals surface area contributed by atoms with E-state index in [4.69, 9.17) is 28.4 Å². The Morgan fingerprint density at radius 2 is 1.42 bits per heavy atom. The number of carbonyl (C=O) groups is 2. The molecule has 0 aromatic carbocycles. The predicted molar refractivity (Wildman–Crippen MR) is 197 cm³/mol. The minimum atomic E-state index is -1.79. The SMILES string of the molecule is CC(=O)O[C@H]1C[C@H]2[C@@H]3CC(=O)[C@H]4C[C@@H](O[C@@H]5O[C@H](CO)[C@@H](O)[C@H](O)[C@H]5O[C@@H]5O[C@H](CO)[C@@H](O)[C@H](O)[C@H]5O)CC[C@]4(C)[C@H]3CC[C@]2(C)[C@H]1[C@]1(C)CC[C@H](C(C)(C)O)O1. The van der Waals surface area contributed by atoms with Crippen LogP contribution in [0.5, 0.6) is 0 Å². The molecule has 326 valence electrons. The number of ether oxygens (including phenoxy) is 6. The summed E-state index contributed by atoms with van der Waals surface area (Å²) in [5.41, 5.74) is -2.25. The van der Waals surface area contributed by atoms with E-state index in [0.29, 0.717) is 38.5 Å². The van der Waals surface area contributed by atoms with E-state index >= 15 is 0 Å². The molecule has 57 heavy (non-hydrogen) atoms. The maximum absolute atomic E-state index is 14.4. The number of aliphatic hydroxyl groups is 8. The van der Waals surface area contributed by atoms with Crippen LogP contribution in [0.25, 0.3) is 0 Å². The lowest BCUT2D eigenvalue weighted by atomic mass is 9.44. The zero-order chi connectivity index (χ0) is 41.6. The molecule has 0 unspecified atom stereocenters. The van der Waals surface area contributed by atoms with Crippen molar-refractivity contribution in [1.82, 2.24) is 0 Å². The van der Waals surface area contributed by atoms with Crippen LogP contribution in [0.2, 0.25) is 0 Å². The van der Waals surface area contributed by atoms with Crippen molar-refractivity contribution in [2.24, 2.45) is 40.4 Å². The summed E-state index contributed by atoms with van der Waals surface area (Å²) in [5, 5.41) is 83.6. The number of Topliss-reactive ketones (excluding diaryl/α,β-unsaturated/α-hetero) is 1. The van der Waals surface area contributed by atoms with Crippen LogP contribution in [0, 0.1) is 40.4 Å². The number of fused-ring (bicyclic) bond motifs is 5. The van der Waals surface area contributed by atoms with Gasteiger partial charge in [0.15, 0.2) is 12.6 Å². The van der Waals surface area contributed by atoms with Crippen LogP contribution in [0.15, 0.2) is 0 Å². The molecule has 7 rings (SSSR count). The lowest BCUT2D eigenvalue weighted by molar-refractivity contribution is -0.373. The zero-order valence-electron chi connectivity index (χ0n) is 34.0. The van der Waals surface area contributed by atoms with Crippen LogP contribution in [-0.2, 0) is 38.0 Å². The number of hydrogen-bond donors (Lipinski definition) is 8. The lowest BCUT2D eigenvalue weighted by Crippen LogP contribution is -2.65. The Morgan fingerprint density at radius 3 is 2.04 bits per heavy atom. The molecule has 0 aromatic rings. The normalized spacial score (nSPS) is 52.8. The Labute approximate surface area is 334 Å². The average molecular weight is 815 g/mol. The summed E-state index contributed by atoms with van der Waals surface area (Å²) in [6.07, 6.45) is -11.1. The Morgan fingerprint density at radius 1 is 0.789 bits per heavy atom. The molecule has 3 aliphatic heterocycles. The first-order valence-corrected chi connectivity index (χ1v) is 21.0. The first-order chi connectivity index (χ1) is 26.7. The molecule has 3 saturated heterocycles. The Kier molecular flexibility index (Phi) is 12.1. The second kappa shape index (κ2) is 15.8. The van der Waals surface area contributed by atoms with Crippen molar-refractivity contribution in [3.8, 4) is 0 Å². The highest BCUT2D eigenvalue weighted by Crippen LogP contribution is 2.69. The predicted octanol–water partition coefficient (Wildman–Crippen LogP) is 0.0838. The van der Waals surface area contributed by atoms with Gasteiger partial charge in [0.1, 0.15) is 60.7 Å². The van der Waals surface area contributed by atoms with E-state index < -0.39 is 91.9 Å². The van der Waals surface area contributed by atoms with Gasteiger partial charge in [0.05, 0.1) is 36.6 Å². The number of carbonyl (C=O) groups excluding carboxylic acids is 2. The molecular weight excluding hydrogens is 748 g/mol. The monoisotopic (exact) mass is 814 g/mol. The quantitative estimate of drug-likeness (QED) is 0.113. The summed E-state index contributed by atoms with van der Waals surface area (Å²) in [7, 11) is 0. The van der Waals surface area contributed by atoms with Crippen LogP contribution in [0.3, 0.4) is 0 Å². The fourth-order valence-corrected chi connectivity index (χ4v) is 13.0. The summed E-state index contributed by atoms with van der Waals surface area (Å²) >= 11 is 0. The average Bonchev–Trinajstić information content (AvgIpc) is 3.69. The number of ketones is 1. The second-order valence-corrected chi connectivity index (χ2v) is 19.7. The summed E-state index contributed by atoms with van der Waals surface area (Å²) in [6, 6.07) is 0. The minimum Gasteiger partial charge on any atom is -0.462 e. The fraction of sp³-hybridized carbons (Fsp3) is 0.951. The van der Waals surface area contributed by atoms with Crippen molar-refractivity contribution in [2.45, 2.75) is 190 Å². The molecule has 7 fully saturated rings. The number of esters is 1. The van der Waals surface area contributed by atoms with E-state index in [-0.39, 0.29) is 64.4 Å². The molecule has 3 heterocycles. The number of rotatable bonds is 9. The van der Waals surface area contributed by atoms with Crippen LogP contribution < -0.4 is 0 Å². The maximum atomic E-state index is 14.4. The van der Waals surface area contributed by atoms with Crippen molar-refractivity contribution in [1.29, 1.82) is 0 Å². The van der Waals surface area contributed by atoms with Crippen LogP contribution in [-0.4, -0.2) is 157 Å². The molecule has 0 bridgehead atoms. The van der Waals surface area contributed by atoms with Gasteiger partial charge < -0.3 is 69.3 Å². The van der Waals surface area contributed by atoms with E-state index in [0.717, 1.165) is 19.3 Å². The van der Waals surface area contributed by atoms with Gasteiger partial charge in [-0.15, -0.1) is 0 Å². The van der Waals surface area contributed by atoms with Gasteiger partial charge in [0, 0.05) is 25.2 Å². The maximum Gasteiger partial charge on any atom is 0.302 e. The van der Waals surface area contributed by atoms with E-state index in [9.17, 15) is 50.4 Å². The molecular formula is C41H66O16.